The summed E-state index contributed by atoms with van der Waals surface area (Å²) in [6, 6.07) is 0. The van der Waals surface area contributed by atoms with E-state index in [-0.39, 0.29) is 16.7 Å². The summed E-state index contributed by atoms with van der Waals surface area (Å²) >= 11 is 0. The molecule has 6 unspecified atom stereocenters. The van der Waals surface area contributed by atoms with Gasteiger partial charge >= 0.3 is 0 Å². The smallest absolute Gasteiger partial charge is 0.294 e. The molecule has 0 aromatic heterocycles. The highest BCUT2D eigenvalue weighted by Gasteiger charge is 2.53. The van der Waals surface area contributed by atoms with E-state index in [1.54, 1.807) is 0 Å². The van der Waals surface area contributed by atoms with Crippen LogP contribution in [0.4, 0.5) is 0 Å². The molecule has 0 heterocycles. The van der Waals surface area contributed by atoms with E-state index < -0.39 is 22.9 Å². The quantitative estimate of drug-likeness (QED) is 0.485. The van der Waals surface area contributed by atoms with Gasteiger partial charge in [-0.05, 0) is 73.7 Å². The Bertz CT molecular complexity index is 529. The van der Waals surface area contributed by atoms with Crippen LogP contribution >= 0.6 is 0 Å². The van der Waals surface area contributed by atoms with Gasteiger partial charge in [0.25, 0.3) is 10.2 Å². The third-order valence-electron chi connectivity index (χ3n) is 6.58. The number of nitrogens with zero attached hydrogens (tertiary/aromatic N) is 2. The van der Waals surface area contributed by atoms with Crippen LogP contribution in [-0.4, -0.2) is 29.4 Å². The van der Waals surface area contributed by atoms with Gasteiger partial charge < -0.3 is 15.4 Å². The van der Waals surface area contributed by atoms with Crippen molar-refractivity contribution in [3.63, 3.8) is 0 Å². The number of fused-ring (bicyclic) bond motifs is 2. The Kier molecular flexibility index (Phi) is 6.31. The van der Waals surface area contributed by atoms with Crippen LogP contribution in [0.5, 0.6) is 0 Å². The van der Waals surface area contributed by atoms with E-state index in [0.717, 1.165) is 38.5 Å². The topological polar surface area (TPSA) is 131 Å². The van der Waals surface area contributed by atoms with Crippen LogP contribution in [0, 0.1) is 48.8 Å². The highest BCUT2D eigenvalue weighted by atomic mass is 17.0. The van der Waals surface area contributed by atoms with Gasteiger partial charge in [0, 0.05) is 0 Å². The molecule has 2 N–H and O–H groups in total. The first-order valence-electron chi connectivity index (χ1n) is 9.38. The zero-order chi connectivity index (χ0) is 19.5. The van der Waals surface area contributed by atoms with Crippen LogP contribution in [0.2, 0.25) is 0 Å². The molecule has 2 saturated carbocycles. The van der Waals surface area contributed by atoms with Gasteiger partial charge in [0.2, 0.25) is 0 Å². The van der Waals surface area contributed by atoms with Gasteiger partial charge in [-0.1, -0.05) is 20.8 Å². The Hall–Kier alpha value is -1.64. The predicted octanol–water partition coefficient (Wildman–Crippen LogP) is 2.98. The lowest BCUT2D eigenvalue weighted by atomic mass is 9.48. The second-order valence-corrected chi connectivity index (χ2v) is 8.88. The molecule has 2 aliphatic carbocycles. The third kappa shape index (κ3) is 4.75. The standard InChI is InChI=1S/C17H31N3O6/c1-12-6-14-8-16(3,4-5-18)11-17(7-12,9-14)13(2)15(26-20(23)24)10-25-19(21)22/h12-15H,4-11,18H2,1-3H3. The largest absolute Gasteiger partial charge is 0.330 e. The minimum absolute atomic E-state index is 0.0925. The number of hydrogen-bond donors (Lipinski definition) is 1. The van der Waals surface area contributed by atoms with Crippen molar-refractivity contribution in [2.75, 3.05) is 13.2 Å². The molecule has 9 nitrogen and oxygen atoms in total. The molecule has 150 valence electrons. The van der Waals surface area contributed by atoms with E-state index in [1.807, 2.05) is 6.92 Å². The first-order valence-corrected chi connectivity index (χ1v) is 9.38. The Morgan fingerprint density at radius 2 is 1.92 bits per heavy atom. The first kappa shape index (κ1) is 20.7. The second kappa shape index (κ2) is 7.94. The lowest BCUT2D eigenvalue weighted by Crippen LogP contribution is -2.51. The summed E-state index contributed by atoms with van der Waals surface area (Å²) in [6.45, 7) is 6.57. The Labute approximate surface area is 153 Å². The minimum atomic E-state index is -0.957. The summed E-state index contributed by atoms with van der Waals surface area (Å²) in [5.41, 5.74) is 5.78. The number of nitrogens with two attached hydrogens (primary N) is 1. The highest BCUT2D eigenvalue weighted by Crippen LogP contribution is 2.61. The third-order valence-corrected chi connectivity index (χ3v) is 6.58. The molecule has 2 aliphatic rings. The zero-order valence-corrected chi connectivity index (χ0v) is 15.9. The molecule has 2 rings (SSSR count). The average molecular weight is 373 g/mol. The maximum atomic E-state index is 10.9. The van der Waals surface area contributed by atoms with Crippen LogP contribution in [0.25, 0.3) is 0 Å². The molecular weight excluding hydrogens is 342 g/mol. The van der Waals surface area contributed by atoms with Crippen molar-refractivity contribution in [3.8, 4) is 0 Å². The van der Waals surface area contributed by atoms with Gasteiger partial charge in [-0.3, -0.25) is 0 Å². The Morgan fingerprint density at radius 1 is 1.23 bits per heavy atom. The summed E-state index contributed by atoms with van der Waals surface area (Å²) < 4.78 is 0. The van der Waals surface area contributed by atoms with Crippen LogP contribution in [0.1, 0.15) is 59.3 Å². The molecule has 2 bridgehead atoms. The van der Waals surface area contributed by atoms with Gasteiger partial charge in [0.1, 0.15) is 12.7 Å². The Morgan fingerprint density at radius 3 is 2.50 bits per heavy atom. The van der Waals surface area contributed by atoms with Crippen molar-refractivity contribution >= 4 is 0 Å². The maximum Gasteiger partial charge on any atom is 0.294 e. The van der Waals surface area contributed by atoms with E-state index in [9.17, 15) is 20.2 Å². The van der Waals surface area contributed by atoms with Crippen molar-refractivity contribution in [2.24, 2.45) is 34.3 Å². The minimum Gasteiger partial charge on any atom is -0.330 e. The number of hydrogen-bond acceptors (Lipinski definition) is 7. The lowest BCUT2D eigenvalue weighted by molar-refractivity contribution is -0.792. The van der Waals surface area contributed by atoms with Crippen LogP contribution in [-0.2, 0) is 9.68 Å². The van der Waals surface area contributed by atoms with Crippen molar-refractivity contribution in [3.05, 3.63) is 20.2 Å². The van der Waals surface area contributed by atoms with Gasteiger partial charge in [-0.25, -0.2) is 0 Å². The molecular formula is C17H31N3O6. The van der Waals surface area contributed by atoms with Crippen molar-refractivity contribution in [2.45, 2.75) is 65.4 Å². The SMILES string of the molecule is CC1CC2CC(C)(CCN)CC(C(C)C(CO[N+](=O)[O-])O[N+](=O)[O-])(C1)C2. The van der Waals surface area contributed by atoms with Gasteiger partial charge in [-0.2, -0.15) is 0 Å². The summed E-state index contributed by atoms with van der Waals surface area (Å²) in [5.74, 6) is 0.848. The first-order chi connectivity index (χ1) is 12.1. The molecule has 0 aromatic carbocycles. The fraction of sp³-hybridized carbons (Fsp3) is 1.00. The van der Waals surface area contributed by atoms with Crippen LogP contribution in [0.3, 0.4) is 0 Å². The second-order valence-electron chi connectivity index (χ2n) is 8.88. The fourth-order valence-corrected chi connectivity index (χ4v) is 5.98. The predicted molar refractivity (Wildman–Crippen MR) is 93.9 cm³/mol. The number of rotatable bonds is 9. The molecule has 0 amide bonds. The van der Waals surface area contributed by atoms with Gasteiger partial charge in [-0.15, -0.1) is 20.2 Å². The molecule has 0 spiro atoms. The van der Waals surface area contributed by atoms with Gasteiger partial charge in [0.05, 0.1) is 0 Å². The van der Waals surface area contributed by atoms with Gasteiger partial charge in [0.15, 0.2) is 0 Å². The Balaban J connectivity index is 2.28. The molecule has 6 atom stereocenters. The zero-order valence-electron chi connectivity index (χ0n) is 15.9. The maximum absolute atomic E-state index is 10.9. The van der Waals surface area contributed by atoms with Crippen LogP contribution < -0.4 is 5.73 Å². The fourth-order valence-electron chi connectivity index (χ4n) is 5.98. The molecule has 2 fully saturated rings. The molecule has 0 aliphatic heterocycles. The lowest BCUT2D eigenvalue weighted by Gasteiger charge is -2.58. The monoisotopic (exact) mass is 373 g/mol. The molecule has 0 saturated heterocycles. The van der Waals surface area contributed by atoms with Crippen LogP contribution in [0.15, 0.2) is 0 Å². The summed E-state index contributed by atoms with van der Waals surface area (Å²) in [6.07, 6.45) is 5.07. The van der Waals surface area contributed by atoms with Crippen molar-refractivity contribution in [1.29, 1.82) is 0 Å². The van der Waals surface area contributed by atoms with E-state index in [2.05, 4.69) is 18.7 Å². The van der Waals surface area contributed by atoms with Crippen molar-refractivity contribution < 1.29 is 19.8 Å². The van der Waals surface area contributed by atoms with E-state index >= 15 is 0 Å². The van der Waals surface area contributed by atoms with E-state index in [4.69, 9.17) is 10.6 Å². The summed E-state index contributed by atoms with van der Waals surface area (Å²) in [5, 5.41) is 19.7. The molecule has 26 heavy (non-hydrogen) atoms. The average Bonchev–Trinajstić information content (AvgIpc) is 2.48. The summed E-state index contributed by atoms with van der Waals surface area (Å²) in [4.78, 5) is 30.8. The highest BCUT2D eigenvalue weighted by molar-refractivity contribution is 5.03. The normalized spacial score (nSPS) is 36.0. The van der Waals surface area contributed by atoms with E-state index in [1.165, 1.54) is 0 Å². The molecule has 0 aromatic rings. The summed E-state index contributed by atoms with van der Waals surface area (Å²) in [7, 11) is 0. The van der Waals surface area contributed by atoms with E-state index in [0.29, 0.717) is 18.4 Å². The van der Waals surface area contributed by atoms with Crippen molar-refractivity contribution in [1.82, 2.24) is 0 Å². The molecule has 0 radical (unpaired) electrons. The molecule has 9 heteroatoms.